The van der Waals surface area contributed by atoms with Crippen molar-refractivity contribution in [1.82, 2.24) is 4.31 Å². The highest BCUT2D eigenvalue weighted by Gasteiger charge is 2.40. The van der Waals surface area contributed by atoms with Crippen molar-refractivity contribution in [2.45, 2.75) is 23.8 Å². The summed E-state index contributed by atoms with van der Waals surface area (Å²) in [6.45, 7) is 0.278. The predicted molar refractivity (Wildman–Crippen MR) is 94.5 cm³/mol. The Bertz CT molecular complexity index is 995. The van der Waals surface area contributed by atoms with Crippen LogP contribution >= 0.6 is 0 Å². The Morgan fingerprint density at radius 1 is 1.15 bits per heavy atom. The summed E-state index contributed by atoms with van der Waals surface area (Å²) in [5, 5.41) is 2.71. The van der Waals surface area contributed by atoms with E-state index in [-0.39, 0.29) is 13.3 Å². The van der Waals surface area contributed by atoms with Crippen LogP contribution in [0.25, 0.3) is 0 Å². The lowest BCUT2D eigenvalue weighted by molar-refractivity contribution is -0.119. The number of amides is 1. The summed E-state index contributed by atoms with van der Waals surface area (Å²) >= 11 is 0. The molecule has 2 aromatic carbocycles. The van der Waals surface area contributed by atoms with Crippen molar-refractivity contribution in [2.75, 3.05) is 18.7 Å². The Kier molecular flexibility index (Phi) is 4.48. The van der Waals surface area contributed by atoms with Crippen molar-refractivity contribution in [2.24, 2.45) is 0 Å². The lowest BCUT2D eigenvalue weighted by atomic mass is 10.2. The molecule has 4 rings (SSSR count). The third-order valence-electron chi connectivity index (χ3n) is 4.57. The molecule has 0 aromatic heterocycles. The molecule has 2 heterocycles. The van der Waals surface area contributed by atoms with Crippen LogP contribution in [0.5, 0.6) is 11.5 Å². The number of rotatable bonds is 4. The molecule has 2 aromatic rings. The van der Waals surface area contributed by atoms with Crippen molar-refractivity contribution in [1.29, 1.82) is 0 Å². The fraction of sp³-hybridized carbons (Fsp3) is 0.278. The number of halogens is 1. The van der Waals surface area contributed by atoms with E-state index in [1.54, 1.807) is 18.2 Å². The van der Waals surface area contributed by atoms with Crippen molar-refractivity contribution in [3.05, 3.63) is 48.3 Å². The Morgan fingerprint density at radius 3 is 2.74 bits per heavy atom. The lowest BCUT2D eigenvalue weighted by Crippen LogP contribution is -2.43. The number of hydrogen-bond donors (Lipinski definition) is 1. The van der Waals surface area contributed by atoms with Gasteiger partial charge in [0.05, 0.1) is 0 Å². The standard InChI is InChI=1S/C18H17FN2O5S/c19-13-4-1-2-6-17(13)27(23,24)21-9-3-5-14(21)18(22)20-12-7-8-15-16(10-12)26-11-25-15/h1-2,4,6-8,10,14H,3,5,9,11H2,(H,20,22)/t14-/m1/s1. The molecule has 1 N–H and O–H groups in total. The van der Waals surface area contributed by atoms with Crippen molar-refractivity contribution >= 4 is 21.6 Å². The van der Waals surface area contributed by atoms with E-state index in [4.69, 9.17) is 9.47 Å². The predicted octanol–water partition coefficient (Wildman–Crippen LogP) is 2.35. The van der Waals surface area contributed by atoms with Crippen LogP contribution in [0.15, 0.2) is 47.4 Å². The lowest BCUT2D eigenvalue weighted by Gasteiger charge is -2.23. The first-order valence-corrected chi connectivity index (χ1v) is 9.88. The summed E-state index contributed by atoms with van der Waals surface area (Å²) in [5.41, 5.74) is 0.472. The Morgan fingerprint density at radius 2 is 1.93 bits per heavy atom. The number of sulfonamides is 1. The van der Waals surface area contributed by atoms with E-state index < -0.39 is 32.7 Å². The van der Waals surface area contributed by atoms with E-state index in [0.717, 1.165) is 10.4 Å². The molecule has 2 aliphatic rings. The van der Waals surface area contributed by atoms with Gasteiger partial charge in [-0.1, -0.05) is 12.1 Å². The molecular formula is C18H17FN2O5S. The minimum absolute atomic E-state index is 0.115. The van der Waals surface area contributed by atoms with Gasteiger partial charge in [0.1, 0.15) is 16.8 Å². The van der Waals surface area contributed by atoms with Crippen LogP contribution < -0.4 is 14.8 Å². The van der Waals surface area contributed by atoms with Gasteiger partial charge in [0.15, 0.2) is 11.5 Å². The Hall–Kier alpha value is -2.65. The summed E-state index contributed by atoms with van der Waals surface area (Å²) < 4.78 is 51.3. The van der Waals surface area contributed by atoms with Gasteiger partial charge in [-0.2, -0.15) is 4.31 Å². The van der Waals surface area contributed by atoms with Crippen LogP contribution in [0, 0.1) is 5.82 Å². The average Bonchev–Trinajstić information content (AvgIpc) is 3.31. The monoisotopic (exact) mass is 392 g/mol. The van der Waals surface area contributed by atoms with Crippen LogP contribution in [0.3, 0.4) is 0 Å². The van der Waals surface area contributed by atoms with Gasteiger partial charge in [-0.15, -0.1) is 0 Å². The molecule has 2 aliphatic heterocycles. The highest BCUT2D eigenvalue weighted by molar-refractivity contribution is 7.89. The summed E-state index contributed by atoms with van der Waals surface area (Å²) in [6.07, 6.45) is 0.886. The zero-order valence-electron chi connectivity index (χ0n) is 14.2. The van der Waals surface area contributed by atoms with Gasteiger partial charge in [0.2, 0.25) is 22.7 Å². The second-order valence-corrected chi connectivity index (χ2v) is 8.12. The van der Waals surface area contributed by atoms with Crippen molar-refractivity contribution < 1.29 is 27.1 Å². The molecule has 9 heteroatoms. The normalized spacial score (nSPS) is 19.2. The SMILES string of the molecule is O=C(Nc1ccc2c(c1)OCO2)[C@H]1CCCN1S(=O)(=O)c1ccccc1F. The van der Waals surface area contributed by atoms with E-state index in [0.29, 0.717) is 30.0 Å². The van der Waals surface area contributed by atoms with Crippen molar-refractivity contribution in [3.63, 3.8) is 0 Å². The quantitative estimate of drug-likeness (QED) is 0.863. The minimum atomic E-state index is -4.11. The number of hydrogen-bond acceptors (Lipinski definition) is 5. The Balaban J connectivity index is 1.56. The highest BCUT2D eigenvalue weighted by atomic mass is 32.2. The molecule has 0 aliphatic carbocycles. The molecule has 0 bridgehead atoms. The highest BCUT2D eigenvalue weighted by Crippen LogP contribution is 2.35. The summed E-state index contributed by atoms with van der Waals surface area (Å²) in [6, 6.07) is 9.19. The minimum Gasteiger partial charge on any atom is -0.454 e. The van der Waals surface area contributed by atoms with Crippen LogP contribution in [0.1, 0.15) is 12.8 Å². The molecule has 0 spiro atoms. The number of benzene rings is 2. The number of ether oxygens (including phenoxy) is 2. The molecule has 27 heavy (non-hydrogen) atoms. The van der Waals surface area contributed by atoms with Gasteiger partial charge in [-0.05, 0) is 37.1 Å². The summed E-state index contributed by atoms with van der Waals surface area (Å²) in [5.74, 6) is -0.210. The van der Waals surface area contributed by atoms with E-state index in [1.807, 2.05) is 0 Å². The van der Waals surface area contributed by atoms with E-state index in [9.17, 15) is 17.6 Å². The maximum absolute atomic E-state index is 14.0. The number of anilines is 1. The van der Waals surface area contributed by atoms with Gasteiger partial charge >= 0.3 is 0 Å². The Labute approximate surface area is 155 Å². The van der Waals surface area contributed by atoms with Gasteiger partial charge < -0.3 is 14.8 Å². The third-order valence-corrected chi connectivity index (χ3v) is 6.51. The molecule has 1 atom stereocenters. The van der Waals surface area contributed by atoms with E-state index in [2.05, 4.69) is 5.32 Å². The van der Waals surface area contributed by atoms with E-state index >= 15 is 0 Å². The fourth-order valence-corrected chi connectivity index (χ4v) is 4.99. The summed E-state index contributed by atoms with van der Waals surface area (Å²) in [7, 11) is -4.11. The first kappa shape index (κ1) is 17.7. The van der Waals surface area contributed by atoms with Gasteiger partial charge in [-0.25, -0.2) is 12.8 Å². The maximum atomic E-state index is 14.0. The molecule has 1 saturated heterocycles. The number of nitrogens with zero attached hydrogens (tertiary/aromatic N) is 1. The van der Waals surface area contributed by atoms with Gasteiger partial charge in [-0.3, -0.25) is 4.79 Å². The van der Waals surface area contributed by atoms with Crippen LogP contribution in [0.4, 0.5) is 10.1 Å². The van der Waals surface area contributed by atoms with Crippen LogP contribution in [-0.2, 0) is 14.8 Å². The molecule has 0 saturated carbocycles. The zero-order valence-corrected chi connectivity index (χ0v) is 15.0. The molecular weight excluding hydrogens is 375 g/mol. The molecule has 1 fully saturated rings. The first-order chi connectivity index (χ1) is 13.0. The zero-order chi connectivity index (χ0) is 19.0. The first-order valence-electron chi connectivity index (χ1n) is 8.44. The van der Waals surface area contributed by atoms with Gasteiger partial charge in [0, 0.05) is 18.3 Å². The second kappa shape index (κ2) is 6.82. The molecule has 0 radical (unpaired) electrons. The fourth-order valence-electron chi connectivity index (χ4n) is 3.27. The average molecular weight is 392 g/mol. The second-order valence-electron chi connectivity index (χ2n) is 6.26. The number of carbonyl (C=O) groups excluding carboxylic acids is 1. The maximum Gasteiger partial charge on any atom is 0.246 e. The number of carbonyl (C=O) groups is 1. The molecule has 7 nitrogen and oxygen atoms in total. The third kappa shape index (κ3) is 3.24. The number of nitrogens with one attached hydrogen (secondary N) is 1. The number of fused-ring (bicyclic) bond motifs is 1. The van der Waals surface area contributed by atoms with Crippen LogP contribution in [-0.4, -0.2) is 38.0 Å². The van der Waals surface area contributed by atoms with Crippen molar-refractivity contribution in [3.8, 4) is 11.5 Å². The van der Waals surface area contributed by atoms with Crippen LogP contribution in [0.2, 0.25) is 0 Å². The molecule has 0 unspecified atom stereocenters. The topological polar surface area (TPSA) is 84.9 Å². The molecule has 1 amide bonds. The largest absolute Gasteiger partial charge is 0.454 e. The summed E-state index contributed by atoms with van der Waals surface area (Å²) in [4.78, 5) is 12.3. The molecule has 142 valence electrons. The smallest absolute Gasteiger partial charge is 0.246 e. The van der Waals surface area contributed by atoms with Gasteiger partial charge in [0.25, 0.3) is 0 Å². The van der Waals surface area contributed by atoms with E-state index in [1.165, 1.54) is 18.2 Å².